The first-order valence-electron chi connectivity index (χ1n) is 16.4. The summed E-state index contributed by atoms with van der Waals surface area (Å²) in [5, 5.41) is 0. The van der Waals surface area contributed by atoms with Crippen LogP contribution in [0.4, 0.5) is 11.4 Å². The lowest BCUT2D eigenvalue weighted by atomic mass is 9.93. The quantitative estimate of drug-likeness (QED) is 0.0737. The molecular formula is C30H58N2O11P2Si4. The molecule has 0 saturated carbocycles. The van der Waals surface area contributed by atoms with Crippen LogP contribution >= 0.6 is 15.6 Å². The minimum atomic E-state index is -5.69. The molecule has 13 nitrogen and oxygen atoms in total. The van der Waals surface area contributed by atoms with Crippen LogP contribution in [0.2, 0.25) is 39.3 Å². The third kappa shape index (κ3) is 11.0. The van der Waals surface area contributed by atoms with Gasteiger partial charge in [0.05, 0.1) is 0 Å². The van der Waals surface area contributed by atoms with Crippen molar-refractivity contribution in [1.82, 2.24) is 0 Å². The van der Waals surface area contributed by atoms with Gasteiger partial charge in [0.25, 0.3) is 0 Å². The molecule has 0 saturated heterocycles. The number of hydrogen-bond donors (Lipinski definition) is 6. The second kappa shape index (κ2) is 15.5. The van der Waals surface area contributed by atoms with E-state index in [1.165, 1.54) is 8.46 Å². The first kappa shape index (κ1) is 44.2. The number of nitrogens with zero attached hydrogens (tertiary/aromatic N) is 2. The van der Waals surface area contributed by atoms with Crippen molar-refractivity contribution in [2.24, 2.45) is 0 Å². The first-order chi connectivity index (χ1) is 21.9. The molecule has 280 valence electrons. The van der Waals surface area contributed by atoms with Gasteiger partial charge in [-0.3, -0.25) is 8.43 Å². The minimum absolute atomic E-state index is 0.145. The third-order valence-electron chi connectivity index (χ3n) is 7.78. The zero-order valence-electron chi connectivity index (χ0n) is 31.3. The summed E-state index contributed by atoms with van der Waals surface area (Å²) in [5.41, 5.74) is 3.71. The highest BCUT2D eigenvalue weighted by molar-refractivity contribution is 7.49. The number of anilines is 2. The van der Waals surface area contributed by atoms with Crippen LogP contribution in [0.3, 0.4) is 0 Å². The fraction of sp³-hybridized carbons (Fsp3) is 0.600. The van der Waals surface area contributed by atoms with Crippen LogP contribution in [0.25, 0.3) is 0 Å². The Balaban J connectivity index is 3.28. The van der Waals surface area contributed by atoms with Crippen LogP contribution in [0.5, 0.6) is 0 Å². The fourth-order valence-electron chi connectivity index (χ4n) is 6.03. The number of para-hydroxylation sites is 2. The van der Waals surface area contributed by atoms with Crippen LogP contribution in [-0.4, -0.2) is 63.6 Å². The van der Waals surface area contributed by atoms with Gasteiger partial charge >= 0.3 is 33.6 Å². The maximum atomic E-state index is 12.9. The average molecular weight is 797 g/mol. The van der Waals surface area contributed by atoms with Crippen molar-refractivity contribution in [3.8, 4) is 0 Å². The van der Waals surface area contributed by atoms with Crippen molar-refractivity contribution in [3.63, 3.8) is 0 Å². The lowest BCUT2D eigenvalue weighted by molar-refractivity contribution is 0.138. The van der Waals surface area contributed by atoms with Crippen molar-refractivity contribution in [1.29, 1.82) is 0 Å². The summed E-state index contributed by atoms with van der Waals surface area (Å²) in [6.07, 6.45) is 0. The van der Waals surface area contributed by atoms with E-state index in [2.05, 4.69) is 0 Å². The first-order valence-corrected chi connectivity index (χ1v) is 29.8. The maximum absolute atomic E-state index is 12.9. The third-order valence-corrected chi connectivity index (χ3v) is 24.1. The van der Waals surface area contributed by atoms with Gasteiger partial charge in [-0.25, -0.2) is 9.13 Å². The van der Waals surface area contributed by atoms with Crippen LogP contribution in [0, 0.1) is 0 Å². The van der Waals surface area contributed by atoms with Gasteiger partial charge in [0.2, 0.25) is 0 Å². The molecule has 0 bridgehead atoms. The summed E-state index contributed by atoms with van der Waals surface area (Å²) in [6.45, 7) is 26.3. The lowest BCUT2D eigenvalue weighted by Crippen LogP contribution is -2.77. The molecule has 2 atom stereocenters. The van der Waals surface area contributed by atoms with Gasteiger partial charge < -0.3 is 41.7 Å². The van der Waals surface area contributed by atoms with E-state index in [0.717, 1.165) is 0 Å². The summed E-state index contributed by atoms with van der Waals surface area (Å²) < 4.78 is 45.4. The highest BCUT2D eigenvalue weighted by Crippen LogP contribution is 2.51. The van der Waals surface area contributed by atoms with Crippen LogP contribution in [-0.2, 0) is 21.7 Å². The molecule has 2 aromatic rings. The largest absolute Gasteiger partial charge is 0.625 e. The monoisotopic (exact) mass is 796 g/mol. The molecule has 2 rings (SSSR count). The van der Waals surface area contributed by atoms with E-state index in [4.69, 9.17) is 12.5 Å². The summed E-state index contributed by atoms with van der Waals surface area (Å²) in [4.78, 5) is 67.1. The van der Waals surface area contributed by atoms with E-state index in [0.29, 0.717) is 33.6 Å². The highest BCUT2D eigenvalue weighted by atomic mass is 31.2. The Morgan fingerprint density at radius 1 is 0.531 bits per heavy atom. The molecule has 49 heavy (non-hydrogen) atoms. The van der Waals surface area contributed by atoms with Gasteiger partial charge in [-0.2, -0.15) is 0 Å². The van der Waals surface area contributed by atoms with Crippen LogP contribution in [0.1, 0.15) is 101 Å². The molecule has 0 aromatic heterocycles. The Hall–Kier alpha value is -0.992. The molecular weight excluding hydrogens is 739 g/mol. The molecule has 6 N–H and O–H groups in total. The molecule has 0 aliphatic carbocycles. The predicted molar refractivity (Wildman–Crippen MR) is 204 cm³/mol. The van der Waals surface area contributed by atoms with Gasteiger partial charge in [-0.1, -0.05) is 131 Å². The number of phosphoric acid groups is 2. The normalized spacial score (nSPS) is 16.0. The number of hydrogen-bond acceptors (Lipinski definition) is 9. The molecule has 2 unspecified atom stereocenters. The smallest absolute Gasteiger partial charge is 0.373 e. The fourth-order valence-corrected chi connectivity index (χ4v) is 23.5. The summed E-state index contributed by atoms with van der Waals surface area (Å²) in [5.74, 6) is -0.580. The predicted octanol–water partition coefficient (Wildman–Crippen LogP) is 7.25. The molecule has 0 amide bonds. The molecule has 0 aliphatic heterocycles. The molecule has 2 aromatic carbocycles. The molecule has 0 heterocycles. The summed E-state index contributed by atoms with van der Waals surface area (Å²) >= 11 is 0. The molecule has 0 radical (unpaired) electrons. The lowest BCUT2D eigenvalue weighted by Gasteiger charge is -2.51. The second-order valence-corrected chi connectivity index (χ2v) is 33.4. The van der Waals surface area contributed by atoms with Crippen LogP contribution < -0.4 is 8.46 Å². The standard InChI is InChI=1S/C30H58N2O11P2Si4/c1-21(2)25-17-15-18-26(22(3)4)29(25)31(46(9,10)11)48(39,41-44(33,34)35)43-49(40,42-45(36,37)38)32(47(12,13)14)30-27(23(5)6)19-16-20-28(30)24(7)8/h15-24,39-40H,1-14H3,(H2,33,34,35)(H2,36,37,38). The SMILES string of the molecule is CC(C)c1cccc(C(C)C)c1N([Si](C)(C)C)[Si](O)(O[Si](O)(OP(=O)(O)O)N(c1c(C(C)C)cccc1C(C)C)[Si](C)(C)C)OP(=O)(O)O. The molecule has 0 aliphatic rings. The van der Waals surface area contributed by atoms with Gasteiger partial charge in [-0.05, 0) is 45.9 Å². The molecule has 0 spiro atoms. The second-order valence-electron chi connectivity index (χ2n) is 15.6. The van der Waals surface area contributed by atoms with Crippen molar-refractivity contribution >= 4 is 61.4 Å². The van der Waals surface area contributed by atoms with Crippen molar-refractivity contribution in [3.05, 3.63) is 58.7 Å². The Morgan fingerprint density at radius 3 is 0.918 bits per heavy atom. The highest BCUT2D eigenvalue weighted by Gasteiger charge is 2.67. The zero-order valence-corrected chi connectivity index (χ0v) is 37.1. The minimum Gasteiger partial charge on any atom is -0.373 e. The van der Waals surface area contributed by atoms with Gasteiger partial charge in [0.1, 0.15) is 16.5 Å². The van der Waals surface area contributed by atoms with E-state index >= 15 is 0 Å². The Labute approximate surface area is 296 Å². The molecule has 19 heteroatoms. The van der Waals surface area contributed by atoms with E-state index in [1.807, 2.05) is 131 Å². The van der Waals surface area contributed by atoms with Gasteiger partial charge in [0.15, 0.2) is 0 Å². The average Bonchev–Trinajstić information content (AvgIpc) is 2.83. The van der Waals surface area contributed by atoms with Crippen LogP contribution in [0.15, 0.2) is 36.4 Å². The Morgan fingerprint density at radius 2 is 0.755 bits per heavy atom. The van der Waals surface area contributed by atoms with Gasteiger partial charge in [-0.15, -0.1) is 0 Å². The summed E-state index contributed by atoms with van der Waals surface area (Å²) in [7, 11) is -28.8. The molecule has 0 fully saturated rings. The van der Waals surface area contributed by atoms with Crippen molar-refractivity contribution < 1.29 is 50.8 Å². The van der Waals surface area contributed by atoms with Crippen molar-refractivity contribution in [2.45, 2.75) is 118 Å². The van der Waals surface area contributed by atoms with Crippen molar-refractivity contribution in [2.75, 3.05) is 8.46 Å². The maximum Gasteiger partial charge on any atom is 0.625 e. The van der Waals surface area contributed by atoms with E-state index in [1.54, 1.807) is 0 Å². The topological polar surface area (TPSA) is 190 Å². The van der Waals surface area contributed by atoms with E-state index in [-0.39, 0.29) is 23.7 Å². The Kier molecular flexibility index (Phi) is 14.0. The van der Waals surface area contributed by atoms with E-state index < -0.39 is 50.0 Å². The van der Waals surface area contributed by atoms with Gasteiger partial charge in [0, 0.05) is 11.4 Å². The number of benzene rings is 2. The summed E-state index contributed by atoms with van der Waals surface area (Å²) in [6, 6.07) is 11.1. The zero-order chi connectivity index (χ0) is 38.3. The Bertz CT molecular complexity index is 1390. The van der Waals surface area contributed by atoms with E-state index in [9.17, 15) is 38.3 Å². The number of rotatable bonds is 16.